The molecular weight excluding hydrogens is 206 g/mol. The molecule has 0 aromatic heterocycles. The number of hydrogen-bond donors (Lipinski definition) is 2. The number of halogens is 3. The Morgan fingerprint density at radius 3 is 1.50 bits per heavy atom. The zero-order chi connectivity index (χ0) is 7.91. The van der Waals surface area contributed by atoms with Gasteiger partial charge in [0, 0.05) is 0 Å². The van der Waals surface area contributed by atoms with Crippen LogP contribution in [0.4, 0.5) is 0 Å². The van der Waals surface area contributed by atoms with Gasteiger partial charge >= 0.3 is 0 Å². The summed E-state index contributed by atoms with van der Waals surface area (Å²) in [6, 6.07) is 0. The molecular formula is C3H7Cl3O4. The number of carbonyl (C=O) groups is 1. The second kappa shape index (κ2) is 9.26. The van der Waals surface area contributed by atoms with Crippen LogP contribution in [0.5, 0.6) is 0 Å². The van der Waals surface area contributed by atoms with Crippen LogP contribution in [-0.2, 0) is 4.79 Å². The zero-order valence-corrected chi connectivity index (χ0v) is 6.99. The summed E-state index contributed by atoms with van der Waals surface area (Å²) in [6.45, 7) is -0.683. The van der Waals surface area contributed by atoms with Crippen LogP contribution < -0.4 is 0 Å². The third-order valence-electron chi connectivity index (χ3n) is 0.179. The van der Waals surface area contributed by atoms with Gasteiger partial charge in [0.05, 0.1) is 6.61 Å². The maximum atomic E-state index is 8.36. The Morgan fingerprint density at radius 2 is 1.50 bits per heavy atom. The molecule has 4 nitrogen and oxygen atoms in total. The molecule has 0 amide bonds. The summed E-state index contributed by atoms with van der Waals surface area (Å²) in [5, 5.41) is 14.9. The SMILES string of the molecule is O.O=CO.OCC(Cl)(Cl)Cl. The van der Waals surface area contributed by atoms with Crippen molar-refractivity contribution in [1.82, 2.24) is 0 Å². The van der Waals surface area contributed by atoms with Crippen molar-refractivity contribution in [3.8, 4) is 0 Å². The van der Waals surface area contributed by atoms with Gasteiger partial charge in [-0.15, -0.1) is 0 Å². The van der Waals surface area contributed by atoms with Crippen LogP contribution >= 0.6 is 34.8 Å². The predicted octanol–water partition coefficient (Wildman–Crippen LogP) is 0.225. The fourth-order valence-corrected chi connectivity index (χ4v) is 0. The van der Waals surface area contributed by atoms with E-state index in [9.17, 15) is 0 Å². The summed E-state index contributed by atoms with van der Waals surface area (Å²) >= 11 is 15.0. The minimum Gasteiger partial charge on any atom is -0.483 e. The van der Waals surface area contributed by atoms with E-state index in [1.807, 2.05) is 0 Å². The fourth-order valence-electron chi connectivity index (χ4n) is 0. The largest absolute Gasteiger partial charge is 0.483 e. The van der Waals surface area contributed by atoms with E-state index in [1.54, 1.807) is 0 Å². The van der Waals surface area contributed by atoms with Gasteiger partial charge < -0.3 is 15.7 Å². The van der Waals surface area contributed by atoms with E-state index in [0.29, 0.717) is 0 Å². The lowest BCUT2D eigenvalue weighted by Crippen LogP contribution is -2.06. The molecule has 0 saturated carbocycles. The van der Waals surface area contributed by atoms with Gasteiger partial charge in [0.15, 0.2) is 0 Å². The molecule has 0 aliphatic carbocycles. The molecule has 0 aromatic rings. The van der Waals surface area contributed by atoms with Gasteiger partial charge in [0.25, 0.3) is 6.47 Å². The number of hydrogen-bond acceptors (Lipinski definition) is 2. The van der Waals surface area contributed by atoms with E-state index in [4.69, 9.17) is 49.8 Å². The summed E-state index contributed by atoms with van der Waals surface area (Å²) in [5.74, 6) is 0. The maximum absolute atomic E-state index is 8.36. The molecule has 0 aliphatic heterocycles. The van der Waals surface area contributed by atoms with Gasteiger partial charge in [-0.05, 0) is 0 Å². The van der Waals surface area contributed by atoms with Gasteiger partial charge in [0.2, 0.25) is 3.79 Å². The lowest BCUT2D eigenvalue weighted by atomic mass is 10.9. The van der Waals surface area contributed by atoms with Gasteiger partial charge in [-0.25, -0.2) is 0 Å². The molecule has 0 fully saturated rings. The highest BCUT2D eigenvalue weighted by atomic mass is 35.6. The van der Waals surface area contributed by atoms with Crippen molar-refractivity contribution >= 4 is 41.3 Å². The van der Waals surface area contributed by atoms with Gasteiger partial charge in [0.1, 0.15) is 0 Å². The Kier molecular flexibility index (Phi) is 15.5. The molecule has 10 heavy (non-hydrogen) atoms. The number of alkyl halides is 3. The first-order valence-corrected chi connectivity index (χ1v) is 2.86. The van der Waals surface area contributed by atoms with E-state index < -0.39 is 10.4 Å². The van der Waals surface area contributed by atoms with Crippen molar-refractivity contribution < 1.29 is 20.5 Å². The average molecular weight is 213 g/mol. The standard InChI is InChI=1S/C2H3Cl3O.CH2O2.H2O/c3-2(4,5)1-6;2-1-3;/h6H,1H2;1H,(H,2,3);1H2. The highest BCUT2D eigenvalue weighted by Crippen LogP contribution is 2.23. The van der Waals surface area contributed by atoms with Crippen molar-refractivity contribution in [1.29, 1.82) is 0 Å². The molecule has 0 saturated heterocycles. The number of aliphatic hydroxyl groups is 1. The molecule has 0 aliphatic rings. The molecule has 0 radical (unpaired) electrons. The molecule has 0 atom stereocenters. The molecule has 0 aromatic carbocycles. The zero-order valence-electron chi connectivity index (χ0n) is 4.72. The molecule has 0 unspecified atom stereocenters. The van der Waals surface area contributed by atoms with Crippen LogP contribution in [0.3, 0.4) is 0 Å². The summed E-state index contributed by atoms with van der Waals surface area (Å²) in [5.41, 5.74) is 0. The predicted molar refractivity (Wildman–Crippen MR) is 39.7 cm³/mol. The minimum atomic E-state index is -1.49. The fraction of sp³-hybridized carbons (Fsp3) is 0.667. The van der Waals surface area contributed by atoms with Crippen LogP contribution in [0, 0.1) is 0 Å². The van der Waals surface area contributed by atoms with Gasteiger partial charge in [-0.3, -0.25) is 4.79 Å². The maximum Gasteiger partial charge on any atom is 0.290 e. The topological polar surface area (TPSA) is 89.0 Å². The summed E-state index contributed by atoms with van der Waals surface area (Å²) < 4.78 is -1.49. The molecule has 4 N–H and O–H groups in total. The molecule has 0 heterocycles. The first kappa shape index (κ1) is 16.7. The first-order valence-electron chi connectivity index (χ1n) is 1.73. The normalized spacial score (nSPS) is 8.40. The minimum absolute atomic E-state index is 0. The highest BCUT2D eigenvalue weighted by Gasteiger charge is 2.16. The van der Waals surface area contributed by atoms with E-state index in [-0.39, 0.29) is 11.9 Å². The van der Waals surface area contributed by atoms with Crippen molar-refractivity contribution in [2.75, 3.05) is 6.61 Å². The Balaban J connectivity index is -0.000000107. The van der Waals surface area contributed by atoms with Crippen LogP contribution in [0.15, 0.2) is 0 Å². The average Bonchev–Trinajstić information content (AvgIpc) is 1.67. The third-order valence-corrected chi connectivity index (χ3v) is 0.538. The Hall–Kier alpha value is 0.260. The third kappa shape index (κ3) is 41.0. The number of rotatable bonds is 0. The number of carboxylic acid groups (broad SMARTS) is 1. The van der Waals surface area contributed by atoms with Crippen LogP contribution in [0.2, 0.25) is 0 Å². The highest BCUT2D eigenvalue weighted by molar-refractivity contribution is 6.67. The Bertz CT molecular complexity index is 70.6. The van der Waals surface area contributed by atoms with E-state index >= 15 is 0 Å². The van der Waals surface area contributed by atoms with Crippen molar-refractivity contribution in [2.24, 2.45) is 0 Å². The van der Waals surface area contributed by atoms with Crippen LogP contribution in [-0.4, -0.2) is 32.6 Å². The Labute approximate surface area is 72.6 Å². The monoisotopic (exact) mass is 212 g/mol. The number of aliphatic hydroxyl groups excluding tert-OH is 1. The molecule has 64 valence electrons. The lowest BCUT2D eigenvalue weighted by molar-refractivity contribution is -0.122. The summed E-state index contributed by atoms with van der Waals surface area (Å²) in [6.07, 6.45) is 0. The van der Waals surface area contributed by atoms with Crippen LogP contribution in [0.1, 0.15) is 0 Å². The first-order chi connectivity index (χ1) is 3.97. The van der Waals surface area contributed by atoms with Crippen molar-refractivity contribution in [3.05, 3.63) is 0 Å². The lowest BCUT2D eigenvalue weighted by Gasteiger charge is -2.01. The van der Waals surface area contributed by atoms with Crippen molar-refractivity contribution in [2.45, 2.75) is 3.79 Å². The van der Waals surface area contributed by atoms with E-state index in [2.05, 4.69) is 0 Å². The Morgan fingerprint density at radius 1 is 1.40 bits per heavy atom. The molecule has 7 heteroatoms. The van der Waals surface area contributed by atoms with Gasteiger partial charge in [-0.2, -0.15) is 0 Å². The van der Waals surface area contributed by atoms with E-state index in [0.717, 1.165) is 0 Å². The summed E-state index contributed by atoms with van der Waals surface area (Å²) in [7, 11) is 0. The second-order valence-corrected chi connectivity index (χ2v) is 3.39. The summed E-state index contributed by atoms with van der Waals surface area (Å²) in [4.78, 5) is 8.36. The second-order valence-electron chi connectivity index (χ2n) is 0.879. The quantitative estimate of drug-likeness (QED) is 0.446. The smallest absolute Gasteiger partial charge is 0.290 e. The molecule has 0 spiro atoms. The van der Waals surface area contributed by atoms with Crippen LogP contribution in [0.25, 0.3) is 0 Å². The van der Waals surface area contributed by atoms with Crippen molar-refractivity contribution in [3.63, 3.8) is 0 Å². The molecule has 0 rings (SSSR count). The molecule has 0 bridgehead atoms. The van der Waals surface area contributed by atoms with E-state index in [1.165, 1.54) is 0 Å². The van der Waals surface area contributed by atoms with Gasteiger partial charge in [-0.1, -0.05) is 34.8 Å².